The number of hydrogen-bond donors (Lipinski definition) is 2. The number of aldehydes is 1. The van der Waals surface area contributed by atoms with Gasteiger partial charge in [0.05, 0.1) is 6.04 Å². The fourth-order valence-corrected chi connectivity index (χ4v) is 1.30. The van der Waals surface area contributed by atoms with Gasteiger partial charge in [0.15, 0.2) is 0 Å². The van der Waals surface area contributed by atoms with Crippen LogP contribution in [-0.2, 0) is 9.59 Å². The molecule has 2 unspecified atom stereocenters. The normalized spacial score (nSPS) is 14.6. The monoisotopic (exact) mass is 228 g/mol. The standard InChI is InChI=1S/C12H24N2O2/c1-9(2)10(3)12(16)14-11(8-15)6-4-5-7-13/h8-11H,4-7,13H2,1-3H3,(H,14,16). The molecular formula is C12H24N2O2. The van der Waals surface area contributed by atoms with Crippen LogP contribution in [0.3, 0.4) is 0 Å². The molecule has 0 saturated heterocycles. The average Bonchev–Trinajstić information content (AvgIpc) is 2.26. The third-order valence-electron chi connectivity index (χ3n) is 2.87. The number of hydrogen-bond acceptors (Lipinski definition) is 3. The second-order valence-corrected chi connectivity index (χ2v) is 4.57. The highest BCUT2D eigenvalue weighted by atomic mass is 16.2. The molecule has 0 fully saturated rings. The van der Waals surface area contributed by atoms with Crippen molar-refractivity contribution in [3.05, 3.63) is 0 Å². The van der Waals surface area contributed by atoms with E-state index in [1.54, 1.807) is 0 Å². The van der Waals surface area contributed by atoms with Crippen LogP contribution in [0.1, 0.15) is 40.0 Å². The molecule has 3 N–H and O–H groups in total. The Morgan fingerprint density at radius 1 is 1.31 bits per heavy atom. The topological polar surface area (TPSA) is 72.2 Å². The summed E-state index contributed by atoms with van der Waals surface area (Å²) in [5.41, 5.74) is 5.37. The highest BCUT2D eigenvalue weighted by molar-refractivity contribution is 5.81. The Morgan fingerprint density at radius 2 is 1.94 bits per heavy atom. The van der Waals surface area contributed by atoms with Crippen LogP contribution < -0.4 is 11.1 Å². The lowest BCUT2D eigenvalue weighted by Crippen LogP contribution is -2.40. The van der Waals surface area contributed by atoms with Crippen LogP contribution in [0.4, 0.5) is 0 Å². The summed E-state index contributed by atoms with van der Waals surface area (Å²) < 4.78 is 0. The maximum atomic E-state index is 11.7. The quantitative estimate of drug-likeness (QED) is 0.482. The minimum Gasteiger partial charge on any atom is -0.346 e. The number of unbranched alkanes of at least 4 members (excludes halogenated alkanes) is 1. The van der Waals surface area contributed by atoms with Crippen molar-refractivity contribution in [2.24, 2.45) is 17.6 Å². The predicted octanol–water partition coefficient (Wildman–Crippen LogP) is 1.09. The third-order valence-corrected chi connectivity index (χ3v) is 2.87. The Bertz CT molecular complexity index is 217. The number of nitrogens with two attached hydrogens (primary N) is 1. The fraction of sp³-hybridized carbons (Fsp3) is 0.833. The first kappa shape index (κ1) is 15.1. The highest BCUT2D eigenvalue weighted by Gasteiger charge is 2.19. The molecule has 0 rings (SSSR count). The molecule has 2 atom stereocenters. The van der Waals surface area contributed by atoms with E-state index in [4.69, 9.17) is 5.73 Å². The summed E-state index contributed by atoms with van der Waals surface area (Å²) in [4.78, 5) is 22.5. The lowest BCUT2D eigenvalue weighted by Gasteiger charge is -2.18. The minimum absolute atomic E-state index is 0.0418. The van der Waals surface area contributed by atoms with E-state index in [-0.39, 0.29) is 23.8 Å². The zero-order valence-corrected chi connectivity index (χ0v) is 10.5. The summed E-state index contributed by atoms with van der Waals surface area (Å²) in [6, 6.07) is -0.361. The molecule has 4 nitrogen and oxygen atoms in total. The Hall–Kier alpha value is -0.900. The van der Waals surface area contributed by atoms with Crippen molar-refractivity contribution in [1.82, 2.24) is 5.32 Å². The number of carbonyl (C=O) groups is 2. The summed E-state index contributed by atoms with van der Waals surface area (Å²) in [7, 11) is 0. The zero-order valence-electron chi connectivity index (χ0n) is 10.5. The van der Waals surface area contributed by atoms with Crippen LogP contribution in [-0.4, -0.2) is 24.8 Å². The Labute approximate surface area is 98.0 Å². The van der Waals surface area contributed by atoms with Crippen molar-refractivity contribution in [2.45, 2.75) is 46.1 Å². The molecule has 0 aromatic rings. The van der Waals surface area contributed by atoms with E-state index < -0.39 is 0 Å². The number of rotatable bonds is 8. The predicted molar refractivity (Wildman–Crippen MR) is 64.9 cm³/mol. The second kappa shape index (κ2) is 8.28. The van der Waals surface area contributed by atoms with Gasteiger partial charge in [-0.05, 0) is 31.7 Å². The van der Waals surface area contributed by atoms with E-state index >= 15 is 0 Å². The van der Waals surface area contributed by atoms with Gasteiger partial charge in [0.25, 0.3) is 0 Å². The van der Waals surface area contributed by atoms with Gasteiger partial charge in [-0.15, -0.1) is 0 Å². The largest absolute Gasteiger partial charge is 0.346 e. The van der Waals surface area contributed by atoms with Crippen LogP contribution in [0.2, 0.25) is 0 Å². The van der Waals surface area contributed by atoms with Crippen molar-refractivity contribution < 1.29 is 9.59 Å². The van der Waals surface area contributed by atoms with Gasteiger partial charge in [-0.2, -0.15) is 0 Å². The smallest absolute Gasteiger partial charge is 0.223 e. The van der Waals surface area contributed by atoms with Gasteiger partial charge < -0.3 is 15.8 Å². The Kier molecular flexibility index (Phi) is 7.81. The van der Waals surface area contributed by atoms with Crippen LogP contribution in [0.5, 0.6) is 0 Å². The first-order chi connectivity index (χ1) is 7.52. The third kappa shape index (κ3) is 5.85. The van der Waals surface area contributed by atoms with Crippen molar-refractivity contribution >= 4 is 12.2 Å². The van der Waals surface area contributed by atoms with Gasteiger partial charge in [0.1, 0.15) is 6.29 Å². The first-order valence-electron chi connectivity index (χ1n) is 5.98. The first-order valence-corrected chi connectivity index (χ1v) is 5.98. The summed E-state index contributed by atoms with van der Waals surface area (Å²) >= 11 is 0. The van der Waals surface area contributed by atoms with E-state index in [1.807, 2.05) is 20.8 Å². The lowest BCUT2D eigenvalue weighted by molar-refractivity contribution is -0.128. The van der Waals surface area contributed by atoms with Crippen molar-refractivity contribution in [2.75, 3.05) is 6.54 Å². The second-order valence-electron chi connectivity index (χ2n) is 4.57. The molecule has 0 heterocycles. The molecule has 0 aromatic heterocycles. The summed E-state index contributed by atoms with van der Waals surface area (Å²) in [6.45, 7) is 6.49. The highest BCUT2D eigenvalue weighted by Crippen LogP contribution is 2.10. The molecule has 0 spiro atoms. The van der Waals surface area contributed by atoms with Crippen LogP contribution in [0, 0.1) is 11.8 Å². The maximum Gasteiger partial charge on any atom is 0.223 e. The number of nitrogens with one attached hydrogen (secondary N) is 1. The molecule has 94 valence electrons. The number of carbonyl (C=O) groups excluding carboxylic acids is 2. The molecule has 0 bridgehead atoms. The SMILES string of the molecule is CC(C)C(C)C(=O)NC(C=O)CCCCN. The molecule has 0 aliphatic heterocycles. The van der Waals surface area contributed by atoms with Gasteiger partial charge in [0.2, 0.25) is 5.91 Å². The molecule has 1 amide bonds. The van der Waals surface area contributed by atoms with E-state index in [1.165, 1.54) is 0 Å². The van der Waals surface area contributed by atoms with Gasteiger partial charge in [-0.25, -0.2) is 0 Å². The molecule has 0 radical (unpaired) electrons. The Balaban J connectivity index is 4.01. The Morgan fingerprint density at radius 3 is 2.38 bits per heavy atom. The average molecular weight is 228 g/mol. The molecule has 0 aromatic carbocycles. The molecule has 4 heteroatoms. The van der Waals surface area contributed by atoms with Crippen molar-refractivity contribution in [3.8, 4) is 0 Å². The van der Waals surface area contributed by atoms with Crippen molar-refractivity contribution in [3.63, 3.8) is 0 Å². The summed E-state index contributed by atoms with van der Waals surface area (Å²) in [5.74, 6) is 0.188. The van der Waals surface area contributed by atoms with E-state index in [0.29, 0.717) is 13.0 Å². The van der Waals surface area contributed by atoms with Gasteiger partial charge >= 0.3 is 0 Å². The minimum atomic E-state index is -0.361. The molecule has 0 aliphatic rings. The van der Waals surface area contributed by atoms with Crippen LogP contribution in [0.25, 0.3) is 0 Å². The van der Waals surface area contributed by atoms with E-state index in [2.05, 4.69) is 5.32 Å². The van der Waals surface area contributed by atoms with Gasteiger partial charge in [-0.3, -0.25) is 4.79 Å². The summed E-state index contributed by atoms with van der Waals surface area (Å²) in [6.07, 6.45) is 3.24. The van der Waals surface area contributed by atoms with Crippen LogP contribution >= 0.6 is 0 Å². The molecule has 0 aliphatic carbocycles. The molecule has 0 saturated carbocycles. The fourth-order valence-electron chi connectivity index (χ4n) is 1.30. The van der Waals surface area contributed by atoms with Crippen molar-refractivity contribution in [1.29, 1.82) is 0 Å². The van der Waals surface area contributed by atoms with E-state index in [9.17, 15) is 9.59 Å². The van der Waals surface area contributed by atoms with Crippen LogP contribution in [0.15, 0.2) is 0 Å². The summed E-state index contributed by atoms with van der Waals surface area (Å²) in [5, 5.41) is 2.76. The molecule has 16 heavy (non-hydrogen) atoms. The van der Waals surface area contributed by atoms with Gasteiger partial charge in [0, 0.05) is 5.92 Å². The molecular weight excluding hydrogens is 204 g/mol. The lowest BCUT2D eigenvalue weighted by atomic mass is 9.96. The maximum absolute atomic E-state index is 11.7. The number of amides is 1. The zero-order chi connectivity index (χ0) is 12.6. The van der Waals surface area contributed by atoms with Gasteiger partial charge in [-0.1, -0.05) is 20.8 Å². The van der Waals surface area contributed by atoms with E-state index in [0.717, 1.165) is 19.1 Å².